The quantitative estimate of drug-likeness (QED) is 0.758. The van der Waals surface area contributed by atoms with Crippen LogP contribution in [0.3, 0.4) is 0 Å². The highest BCUT2D eigenvalue weighted by molar-refractivity contribution is 5.53. The largest absolute Gasteiger partial charge is 0.502 e. The van der Waals surface area contributed by atoms with E-state index in [4.69, 9.17) is 14.2 Å². The summed E-state index contributed by atoms with van der Waals surface area (Å²) in [5.41, 5.74) is 0.432. The highest BCUT2D eigenvalue weighted by atomic mass is 16.6. The molecule has 5 heteroatoms. The summed E-state index contributed by atoms with van der Waals surface area (Å²) in [6.45, 7) is 1.48. The number of hydrogen-bond donors (Lipinski definition) is 2. The Morgan fingerprint density at radius 2 is 1.50 bits per heavy atom. The maximum Gasteiger partial charge on any atom is 0.200 e. The van der Waals surface area contributed by atoms with Gasteiger partial charge in [0.05, 0.1) is 14.2 Å². The lowest BCUT2D eigenvalue weighted by Crippen LogP contribution is -2.23. The van der Waals surface area contributed by atoms with Gasteiger partial charge in [-0.2, -0.15) is 0 Å². The van der Waals surface area contributed by atoms with E-state index in [9.17, 15) is 10.2 Å². The number of aromatic hydroxyl groups is 1. The van der Waals surface area contributed by atoms with Gasteiger partial charge in [-0.05, 0) is 19.1 Å². The molecule has 0 unspecified atom stereocenters. The minimum Gasteiger partial charge on any atom is -0.502 e. The molecular formula is C11H16O5. The Morgan fingerprint density at radius 3 is 1.81 bits per heavy atom. The lowest BCUT2D eigenvalue weighted by atomic mass is 10.1. The van der Waals surface area contributed by atoms with E-state index in [1.807, 2.05) is 0 Å². The maximum absolute atomic E-state index is 9.91. The zero-order valence-electron chi connectivity index (χ0n) is 9.77. The molecule has 0 fully saturated rings. The molecule has 0 aromatic heterocycles. The molecule has 0 aliphatic heterocycles. The predicted octanol–water partition coefficient (Wildman–Crippen LogP) is 1.22. The molecule has 0 amide bonds. The number of aliphatic hydroxyl groups is 1. The molecule has 1 rings (SSSR count). The van der Waals surface area contributed by atoms with Gasteiger partial charge >= 0.3 is 0 Å². The van der Waals surface area contributed by atoms with E-state index in [0.29, 0.717) is 5.56 Å². The third kappa shape index (κ3) is 2.20. The summed E-state index contributed by atoms with van der Waals surface area (Å²) in [5, 5.41) is 19.6. The van der Waals surface area contributed by atoms with Crippen LogP contribution in [0.1, 0.15) is 12.5 Å². The fourth-order valence-electron chi connectivity index (χ4n) is 1.28. The average Bonchev–Trinajstić information content (AvgIpc) is 2.29. The first-order chi connectivity index (χ1) is 7.46. The summed E-state index contributed by atoms with van der Waals surface area (Å²) < 4.78 is 14.9. The van der Waals surface area contributed by atoms with Crippen molar-refractivity contribution in [1.29, 1.82) is 0 Å². The highest BCUT2D eigenvalue weighted by Crippen LogP contribution is 2.39. The minimum atomic E-state index is -1.46. The van der Waals surface area contributed by atoms with E-state index < -0.39 is 5.79 Å². The molecule has 0 spiro atoms. The van der Waals surface area contributed by atoms with Crippen molar-refractivity contribution in [2.45, 2.75) is 12.7 Å². The molecule has 16 heavy (non-hydrogen) atoms. The number of benzene rings is 1. The molecule has 90 valence electrons. The smallest absolute Gasteiger partial charge is 0.200 e. The van der Waals surface area contributed by atoms with Crippen LogP contribution < -0.4 is 9.47 Å². The predicted molar refractivity (Wildman–Crippen MR) is 57.8 cm³/mol. The Hall–Kier alpha value is -1.46. The van der Waals surface area contributed by atoms with Gasteiger partial charge in [-0.25, -0.2) is 0 Å². The second kappa shape index (κ2) is 4.59. The Bertz CT molecular complexity index is 348. The van der Waals surface area contributed by atoms with E-state index in [0.717, 1.165) is 0 Å². The van der Waals surface area contributed by atoms with Gasteiger partial charge in [0, 0.05) is 12.7 Å². The first kappa shape index (κ1) is 12.6. The second-order valence-corrected chi connectivity index (χ2v) is 3.42. The highest BCUT2D eigenvalue weighted by Gasteiger charge is 2.25. The van der Waals surface area contributed by atoms with Crippen LogP contribution in [0.15, 0.2) is 12.1 Å². The maximum atomic E-state index is 9.91. The van der Waals surface area contributed by atoms with Gasteiger partial charge in [-0.3, -0.25) is 0 Å². The molecule has 2 N–H and O–H groups in total. The first-order valence-electron chi connectivity index (χ1n) is 4.69. The number of ether oxygens (including phenoxy) is 3. The molecule has 0 bridgehead atoms. The molecule has 1 aromatic rings. The van der Waals surface area contributed by atoms with Crippen molar-refractivity contribution in [3.8, 4) is 17.2 Å². The third-order valence-electron chi connectivity index (χ3n) is 2.41. The number of phenolic OH excluding ortho intramolecular Hbond substituents is 1. The normalized spacial score (nSPS) is 14.3. The van der Waals surface area contributed by atoms with E-state index >= 15 is 0 Å². The van der Waals surface area contributed by atoms with Crippen molar-refractivity contribution >= 4 is 0 Å². The van der Waals surface area contributed by atoms with Crippen molar-refractivity contribution in [3.63, 3.8) is 0 Å². The summed E-state index contributed by atoms with van der Waals surface area (Å²) in [6.07, 6.45) is 0. The Kier molecular flexibility index (Phi) is 3.62. The molecule has 0 radical (unpaired) electrons. The topological polar surface area (TPSA) is 68.2 Å². The second-order valence-electron chi connectivity index (χ2n) is 3.42. The lowest BCUT2D eigenvalue weighted by Gasteiger charge is -2.23. The van der Waals surface area contributed by atoms with Crippen molar-refractivity contribution in [2.24, 2.45) is 0 Å². The van der Waals surface area contributed by atoms with Gasteiger partial charge in [0.15, 0.2) is 17.3 Å². The van der Waals surface area contributed by atoms with Crippen molar-refractivity contribution in [3.05, 3.63) is 17.7 Å². The zero-order valence-corrected chi connectivity index (χ0v) is 9.77. The molecular weight excluding hydrogens is 212 g/mol. The molecule has 0 saturated heterocycles. The average molecular weight is 228 g/mol. The Labute approximate surface area is 94.2 Å². The molecule has 0 aliphatic rings. The number of methoxy groups -OCH3 is 3. The van der Waals surface area contributed by atoms with Gasteiger partial charge < -0.3 is 24.4 Å². The zero-order chi connectivity index (χ0) is 12.3. The van der Waals surface area contributed by atoms with E-state index in [2.05, 4.69) is 0 Å². The van der Waals surface area contributed by atoms with Crippen LogP contribution in [0.25, 0.3) is 0 Å². The van der Waals surface area contributed by atoms with E-state index in [1.54, 1.807) is 0 Å². The van der Waals surface area contributed by atoms with Crippen LogP contribution in [0.4, 0.5) is 0 Å². The molecule has 1 atom stereocenters. The van der Waals surface area contributed by atoms with Crippen LogP contribution in [0.5, 0.6) is 17.2 Å². The SMILES string of the molecule is COc1cc([C@@](C)(O)OC)cc(OC)c1O. The van der Waals surface area contributed by atoms with Gasteiger partial charge in [0.1, 0.15) is 0 Å². The number of phenols is 1. The fraction of sp³-hybridized carbons (Fsp3) is 0.455. The van der Waals surface area contributed by atoms with E-state index in [-0.39, 0.29) is 17.2 Å². The summed E-state index contributed by atoms with van der Waals surface area (Å²) in [6, 6.07) is 2.97. The van der Waals surface area contributed by atoms with Crippen LogP contribution in [0, 0.1) is 0 Å². The Morgan fingerprint density at radius 1 is 1.06 bits per heavy atom. The van der Waals surface area contributed by atoms with E-state index in [1.165, 1.54) is 40.4 Å². The third-order valence-corrected chi connectivity index (χ3v) is 2.41. The van der Waals surface area contributed by atoms with Crippen LogP contribution >= 0.6 is 0 Å². The molecule has 0 aliphatic carbocycles. The Balaban J connectivity index is 3.32. The molecule has 0 saturated carbocycles. The lowest BCUT2D eigenvalue weighted by molar-refractivity contribution is -0.179. The summed E-state index contributed by atoms with van der Waals surface area (Å²) >= 11 is 0. The number of hydrogen-bond acceptors (Lipinski definition) is 5. The van der Waals surface area contributed by atoms with Crippen molar-refractivity contribution in [1.82, 2.24) is 0 Å². The molecule has 5 nitrogen and oxygen atoms in total. The standard InChI is InChI=1S/C11H16O5/c1-11(13,16-4)7-5-8(14-2)10(12)9(6-7)15-3/h5-6,12-13H,1-4H3/t11-/m0/s1. The first-order valence-corrected chi connectivity index (χ1v) is 4.69. The van der Waals surface area contributed by atoms with Crippen LogP contribution in [-0.2, 0) is 10.5 Å². The van der Waals surface area contributed by atoms with Gasteiger partial charge in [-0.15, -0.1) is 0 Å². The van der Waals surface area contributed by atoms with Crippen molar-refractivity contribution in [2.75, 3.05) is 21.3 Å². The monoisotopic (exact) mass is 228 g/mol. The van der Waals surface area contributed by atoms with Gasteiger partial charge in [0.2, 0.25) is 5.75 Å². The molecule has 0 heterocycles. The summed E-state index contributed by atoms with van der Waals surface area (Å²) in [5.74, 6) is -1.15. The van der Waals surface area contributed by atoms with Gasteiger partial charge in [-0.1, -0.05) is 0 Å². The summed E-state index contributed by atoms with van der Waals surface area (Å²) in [7, 11) is 4.21. The number of rotatable bonds is 4. The van der Waals surface area contributed by atoms with Crippen LogP contribution in [0.2, 0.25) is 0 Å². The van der Waals surface area contributed by atoms with Crippen LogP contribution in [-0.4, -0.2) is 31.5 Å². The van der Waals surface area contributed by atoms with Crippen molar-refractivity contribution < 1.29 is 24.4 Å². The minimum absolute atomic E-state index is 0.111. The van der Waals surface area contributed by atoms with Gasteiger partial charge in [0.25, 0.3) is 0 Å². The fourth-order valence-corrected chi connectivity index (χ4v) is 1.28. The molecule has 1 aromatic carbocycles. The summed E-state index contributed by atoms with van der Waals surface area (Å²) in [4.78, 5) is 0.